The van der Waals surface area contributed by atoms with Crippen LogP contribution in [0.15, 0.2) is 23.8 Å². The van der Waals surface area contributed by atoms with Crippen molar-refractivity contribution >= 4 is 5.97 Å². The maximum atomic E-state index is 11.3. The van der Waals surface area contributed by atoms with Gasteiger partial charge >= 0.3 is 5.97 Å². The third kappa shape index (κ3) is 4.07. The average molecular weight is 393 g/mol. The summed E-state index contributed by atoms with van der Waals surface area (Å²) in [6.07, 6.45) is 11.8. The molecular formula is C23H36O5. The Kier molecular flexibility index (Phi) is 5.83. The zero-order valence-corrected chi connectivity index (χ0v) is 17.8. The smallest absolute Gasteiger partial charge is 0.303 e. The van der Waals surface area contributed by atoms with E-state index in [9.17, 15) is 9.90 Å². The van der Waals surface area contributed by atoms with Crippen LogP contribution in [0, 0.1) is 5.41 Å². The van der Waals surface area contributed by atoms with Crippen LogP contribution in [0.3, 0.4) is 0 Å². The molecule has 28 heavy (non-hydrogen) atoms. The van der Waals surface area contributed by atoms with Crippen LogP contribution in [0.2, 0.25) is 0 Å². The van der Waals surface area contributed by atoms with Gasteiger partial charge < -0.3 is 19.7 Å². The Balaban J connectivity index is 1.64. The van der Waals surface area contributed by atoms with E-state index in [0.717, 1.165) is 32.3 Å². The third-order valence-corrected chi connectivity index (χ3v) is 7.38. The molecule has 0 aromatic rings. The highest BCUT2D eigenvalue weighted by molar-refractivity contribution is 5.66. The number of epoxide rings is 2. The lowest BCUT2D eigenvalue weighted by Crippen LogP contribution is -2.56. The Labute approximate surface area is 168 Å². The average Bonchev–Trinajstić information content (AvgIpc) is 3.50. The molecule has 158 valence electrons. The number of ether oxygens (including phenoxy) is 2. The molecule has 0 bridgehead atoms. The van der Waals surface area contributed by atoms with Crippen molar-refractivity contribution in [3.05, 3.63) is 23.8 Å². The first-order valence-corrected chi connectivity index (χ1v) is 10.6. The lowest BCUT2D eigenvalue weighted by Gasteiger charge is -2.50. The number of carbonyl (C=O) groups is 1. The molecule has 3 aliphatic rings. The molecule has 2 unspecified atom stereocenters. The fourth-order valence-corrected chi connectivity index (χ4v) is 5.12. The van der Waals surface area contributed by atoms with Gasteiger partial charge in [0.25, 0.3) is 0 Å². The summed E-state index contributed by atoms with van der Waals surface area (Å²) in [4.78, 5) is 10.6. The highest BCUT2D eigenvalue weighted by Gasteiger charge is 2.76. The number of hydrogen-bond donors (Lipinski definition) is 2. The second-order valence-corrected chi connectivity index (χ2v) is 9.71. The van der Waals surface area contributed by atoms with Crippen LogP contribution < -0.4 is 0 Å². The van der Waals surface area contributed by atoms with Crippen molar-refractivity contribution in [2.24, 2.45) is 5.41 Å². The molecule has 5 heteroatoms. The van der Waals surface area contributed by atoms with Crippen LogP contribution in [0.5, 0.6) is 0 Å². The minimum absolute atomic E-state index is 0.154. The highest BCUT2D eigenvalue weighted by Crippen LogP contribution is 2.68. The monoisotopic (exact) mass is 392 g/mol. The lowest BCUT2D eigenvalue weighted by atomic mass is 9.55. The van der Waals surface area contributed by atoms with Crippen molar-refractivity contribution in [2.75, 3.05) is 6.61 Å². The minimum atomic E-state index is -0.759. The molecule has 2 aliphatic heterocycles. The number of carboxylic acids is 1. The molecule has 5 nitrogen and oxygen atoms in total. The minimum Gasteiger partial charge on any atom is -0.481 e. The molecular weight excluding hydrogens is 356 g/mol. The highest BCUT2D eigenvalue weighted by atomic mass is 16.6. The van der Waals surface area contributed by atoms with E-state index in [1.165, 1.54) is 5.57 Å². The van der Waals surface area contributed by atoms with E-state index < -0.39 is 11.6 Å². The summed E-state index contributed by atoms with van der Waals surface area (Å²) in [5.74, 6) is -0.759. The van der Waals surface area contributed by atoms with Crippen molar-refractivity contribution in [3.63, 3.8) is 0 Å². The summed E-state index contributed by atoms with van der Waals surface area (Å²) in [5, 5.41) is 20.0. The molecule has 3 fully saturated rings. The van der Waals surface area contributed by atoms with Gasteiger partial charge in [0.05, 0.1) is 23.9 Å². The fourth-order valence-electron chi connectivity index (χ4n) is 5.12. The van der Waals surface area contributed by atoms with Crippen molar-refractivity contribution in [3.8, 4) is 0 Å². The zero-order valence-electron chi connectivity index (χ0n) is 17.8. The second-order valence-electron chi connectivity index (χ2n) is 9.71. The van der Waals surface area contributed by atoms with Gasteiger partial charge in [-0.05, 0) is 65.7 Å². The predicted molar refractivity (Wildman–Crippen MR) is 108 cm³/mol. The van der Waals surface area contributed by atoms with Crippen LogP contribution in [-0.4, -0.2) is 45.7 Å². The van der Waals surface area contributed by atoms with E-state index >= 15 is 0 Å². The third-order valence-electron chi connectivity index (χ3n) is 7.38. The summed E-state index contributed by atoms with van der Waals surface area (Å²) in [6.45, 7) is 9.40. The largest absolute Gasteiger partial charge is 0.481 e. The molecule has 5 atom stereocenters. The Morgan fingerprint density at radius 2 is 1.93 bits per heavy atom. The van der Waals surface area contributed by atoms with Crippen molar-refractivity contribution < 1.29 is 24.5 Å². The van der Waals surface area contributed by atoms with E-state index in [1.807, 2.05) is 12.2 Å². The molecule has 0 amide bonds. The van der Waals surface area contributed by atoms with E-state index in [4.69, 9.17) is 14.6 Å². The number of aliphatic carboxylic acids is 1. The Hall–Kier alpha value is -1.17. The molecule has 2 saturated heterocycles. The number of hydrogen-bond acceptors (Lipinski definition) is 4. The van der Waals surface area contributed by atoms with Gasteiger partial charge in [-0.3, -0.25) is 4.79 Å². The Morgan fingerprint density at radius 1 is 1.21 bits per heavy atom. The van der Waals surface area contributed by atoms with Crippen LogP contribution in [0.25, 0.3) is 0 Å². The zero-order chi connectivity index (χ0) is 20.6. The molecule has 0 aromatic carbocycles. The van der Waals surface area contributed by atoms with Crippen LogP contribution >= 0.6 is 0 Å². The Morgan fingerprint density at radius 3 is 2.54 bits per heavy atom. The van der Waals surface area contributed by atoms with Crippen LogP contribution in [0.1, 0.15) is 79.1 Å². The van der Waals surface area contributed by atoms with Crippen molar-refractivity contribution in [2.45, 2.75) is 102 Å². The molecule has 3 rings (SSSR count). The summed E-state index contributed by atoms with van der Waals surface area (Å²) >= 11 is 0. The first-order chi connectivity index (χ1) is 13.1. The molecule has 1 saturated carbocycles. The number of unbranched alkanes of at least 4 members (excludes halogenated alkanes) is 1. The normalized spacial score (nSPS) is 42.0. The maximum Gasteiger partial charge on any atom is 0.303 e. The Bertz CT molecular complexity index is 660. The standard InChI is InChI=1S/C23H36O5/c1-17(2)10-11-18-21(4,28-18)20(3)15-22(26,13-14-23(20)16-27-23)12-8-6-5-7-9-19(24)25/h6,8,10,18,26H,5,7,9,11-16H2,1-4H3,(H,24,25)/b8-6+/t18?,20-,21+,22?,23+/m1/s1. The molecule has 1 aliphatic carbocycles. The first kappa shape index (κ1) is 21.5. The second kappa shape index (κ2) is 7.58. The van der Waals surface area contributed by atoms with Gasteiger partial charge in [-0.2, -0.15) is 0 Å². The predicted octanol–water partition coefficient (Wildman–Crippen LogP) is 4.39. The van der Waals surface area contributed by atoms with Gasteiger partial charge in [-0.25, -0.2) is 0 Å². The van der Waals surface area contributed by atoms with Crippen LogP contribution in [-0.2, 0) is 14.3 Å². The summed E-state index contributed by atoms with van der Waals surface area (Å²) in [5.41, 5.74) is -0.0997. The number of rotatable bonds is 9. The SMILES string of the molecule is CC(C)=CCC1O[C@]1(C)[C@@]1(C)CC(O)(C/C=C/CCCC(=O)O)CC[C@]12CO2. The number of aliphatic hydroxyl groups is 1. The van der Waals surface area contributed by atoms with Crippen LogP contribution in [0.4, 0.5) is 0 Å². The summed E-state index contributed by atoms with van der Waals surface area (Å²) < 4.78 is 12.2. The summed E-state index contributed by atoms with van der Waals surface area (Å²) in [6, 6.07) is 0. The van der Waals surface area contributed by atoms with Gasteiger partial charge in [-0.1, -0.05) is 30.7 Å². The lowest BCUT2D eigenvalue weighted by molar-refractivity contribution is -0.137. The fraction of sp³-hybridized carbons (Fsp3) is 0.783. The quantitative estimate of drug-likeness (QED) is 0.345. The van der Waals surface area contributed by atoms with Gasteiger partial charge in [0.1, 0.15) is 5.60 Å². The van der Waals surface area contributed by atoms with Gasteiger partial charge in [-0.15, -0.1) is 0 Å². The molecule has 2 N–H and O–H groups in total. The number of carboxylic acid groups (broad SMARTS) is 1. The van der Waals surface area contributed by atoms with E-state index in [1.54, 1.807) is 0 Å². The van der Waals surface area contributed by atoms with Crippen molar-refractivity contribution in [1.29, 1.82) is 0 Å². The van der Waals surface area contributed by atoms with E-state index in [-0.39, 0.29) is 29.1 Å². The van der Waals surface area contributed by atoms with Gasteiger partial charge in [0.15, 0.2) is 0 Å². The molecule has 2 heterocycles. The first-order valence-electron chi connectivity index (χ1n) is 10.6. The van der Waals surface area contributed by atoms with Gasteiger partial charge in [0.2, 0.25) is 0 Å². The van der Waals surface area contributed by atoms with Crippen molar-refractivity contribution in [1.82, 2.24) is 0 Å². The number of allylic oxidation sites excluding steroid dienone is 2. The molecule has 0 aromatic heterocycles. The van der Waals surface area contributed by atoms with E-state index in [0.29, 0.717) is 19.3 Å². The maximum absolute atomic E-state index is 11.3. The topological polar surface area (TPSA) is 82.6 Å². The summed E-state index contributed by atoms with van der Waals surface area (Å²) in [7, 11) is 0. The van der Waals surface area contributed by atoms with E-state index in [2.05, 4.69) is 33.8 Å². The van der Waals surface area contributed by atoms with Gasteiger partial charge in [0, 0.05) is 11.8 Å². The molecule has 1 spiro atoms. The molecule has 0 radical (unpaired) electrons.